The van der Waals surface area contributed by atoms with E-state index in [0.29, 0.717) is 31.8 Å². The maximum atomic E-state index is 13.1. The van der Waals surface area contributed by atoms with Crippen molar-refractivity contribution >= 4 is 11.8 Å². The number of carbonyl (C=O) groups is 2. The monoisotopic (exact) mass is 394 g/mol. The molecule has 0 radical (unpaired) electrons. The predicted octanol–water partition coefficient (Wildman–Crippen LogP) is 4.60. The Morgan fingerprint density at radius 2 is 1.52 bits per heavy atom. The van der Waals surface area contributed by atoms with Crippen LogP contribution in [0.4, 0.5) is 0 Å². The molecule has 0 saturated carbocycles. The topological polar surface area (TPSA) is 49.4 Å². The van der Waals surface area contributed by atoms with Gasteiger partial charge in [0.2, 0.25) is 11.8 Å². The van der Waals surface area contributed by atoms with Crippen LogP contribution in [-0.2, 0) is 22.6 Å². The molecule has 0 saturated heterocycles. The first-order valence-electron chi connectivity index (χ1n) is 10.5. The standard InChI is InChI=1S/C25H34N2O2/c1-6-26-25(29)20(5)27(17-22-9-7-19(4)8-10-22)24(28)16-13-21-11-14-23(15-12-21)18(2)3/h7-12,14-15,18,20H,6,13,16-17H2,1-5H3,(H,26,29)/t20-/m1/s1. The molecule has 0 spiro atoms. The Labute approximate surface area is 175 Å². The van der Waals surface area contributed by atoms with Crippen molar-refractivity contribution in [2.24, 2.45) is 0 Å². The smallest absolute Gasteiger partial charge is 0.242 e. The van der Waals surface area contributed by atoms with Crippen molar-refractivity contribution < 1.29 is 9.59 Å². The first-order valence-corrected chi connectivity index (χ1v) is 10.5. The fraction of sp³-hybridized carbons (Fsp3) is 0.440. The fourth-order valence-corrected chi connectivity index (χ4v) is 3.26. The van der Waals surface area contributed by atoms with E-state index in [-0.39, 0.29) is 11.8 Å². The van der Waals surface area contributed by atoms with Crippen LogP contribution in [-0.4, -0.2) is 29.3 Å². The molecular formula is C25H34N2O2. The van der Waals surface area contributed by atoms with Crippen LogP contribution in [0.1, 0.15) is 62.3 Å². The quantitative estimate of drug-likeness (QED) is 0.675. The van der Waals surface area contributed by atoms with Crippen molar-refractivity contribution in [3.8, 4) is 0 Å². The number of nitrogens with zero attached hydrogens (tertiary/aromatic N) is 1. The van der Waals surface area contributed by atoms with Gasteiger partial charge in [-0.3, -0.25) is 9.59 Å². The molecule has 2 amide bonds. The molecule has 156 valence electrons. The molecule has 0 fully saturated rings. The van der Waals surface area contributed by atoms with Gasteiger partial charge in [0.25, 0.3) is 0 Å². The van der Waals surface area contributed by atoms with Gasteiger partial charge in [-0.25, -0.2) is 0 Å². The van der Waals surface area contributed by atoms with Gasteiger partial charge in [0.1, 0.15) is 6.04 Å². The normalized spacial score (nSPS) is 11.9. The third-order valence-electron chi connectivity index (χ3n) is 5.27. The van der Waals surface area contributed by atoms with Crippen molar-refractivity contribution in [3.05, 3.63) is 70.8 Å². The maximum absolute atomic E-state index is 13.1. The Morgan fingerprint density at radius 3 is 2.07 bits per heavy atom. The second-order valence-corrected chi connectivity index (χ2v) is 7.97. The van der Waals surface area contributed by atoms with Crippen molar-refractivity contribution in [3.63, 3.8) is 0 Å². The van der Waals surface area contributed by atoms with Gasteiger partial charge in [-0.1, -0.05) is 67.9 Å². The molecular weight excluding hydrogens is 360 g/mol. The van der Waals surface area contributed by atoms with Gasteiger partial charge in [0, 0.05) is 19.5 Å². The van der Waals surface area contributed by atoms with Crippen molar-refractivity contribution in [1.82, 2.24) is 10.2 Å². The molecule has 1 N–H and O–H groups in total. The van der Waals surface area contributed by atoms with E-state index in [1.165, 1.54) is 11.1 Å². The van der Waals surface area contributed by atoms with E-state index in [0.717, 1.165) is 11.1 Å². The average Bonchev–Trinajstić information content (AvgIpc) is 2.71. The molecule has 29 heavy (non-hydrogen) atoms. The highest BCUT2D eigenvalue weighted by molar-refractivity contribution is 5.87. The van der Waals surface area contributed by atoms with E-state index in [9.17, 15) is 9.59 Å². The van der Waals surface area contributed by atoms with Crippen LogP contribution in [0.25, 0.3) is 0 Å². The SMILES string of the molecule is CCNC(=O)[C@@H](C)N(Cc1ccc(C)cc1)C(=O)CCc1ccc(C(C)C)cc1. The van der Waals surface area contributed by atoms with Crippen LogP contribution < -0.4 is 5.32 Å². The lowest BCUT2D eigenvalue weighted by molar-refractivity contribution is -0.140. The number of aryl methyl sites for hydroxylation is 2. The highest BCUT2D eigenvalue weighted by Crippen LogP contribution is 2.17. The number of rotatable bonds is 9. The molecule has 4 heteroatoms. The molecule has 0 bridgehead atoms. The summed E-state index contributed by atoms with van der Waals surface area (Å²) in [6.07, 6.45) is 1.06. The summed E-state index contributed by atoms with van der Waals surface area (Å²) < 4.78 is 0. The molecule has 0 aliphatic heterocycles. The third-order valence-corrected chi connectivity index (χ3v) is 5.27. The van der Waals surface area contributed by atoms with Crippen LogP contribution in [0.3, 0.4) is 0 Å². The summed E-state index contributed by atoms with van der Waals surface area (Å²) >= 11 is 0. The van der Waals surface area contributed by atoms with Gasteiger partial charge in [-0.15, -0.1) is 0 Å². The highest BCUT2D eigenvalue weighted by atomic mass is 16.2. The van der Waals surface area contributed by atoms with Gasteiger partial charge in [-0.2, -0.15) is 0 Å². The second-order valence-electron chi connectivity index (χ2n) is 7.97. The molecule has 4 nitrogen and oxygen atoms in total. The molecule has 0 heterocycles. The Morgan fingerprint density at radius 1 is 0.931 bits per heavy atom. The minimum absolute atomic E-state index is 0.00253. The number of hydrogen-bond donors (Lipinski definition) is 1. The molecule has 2 aromatic rings. The first-order chi connectivity index (χ1) is 13.8. The van der Waals surface area contributed by atoms with Crippen molar-refractivity contribution in [2.45, 2.75) is 66.0 Å². The number of likely N-dealkylation sites (N-methyl/N-ethyl adjacent to an activating group) is 1. The van der Waals surface area contributed by atoms with Crippen LogP contribution in [0.15, 0.2) is 48.5 Å². The maximum Gasteiger partial charge on any atom is 0.242 e. The molecule has 1 atom stereocenters. The van der Waals surface area contributed by atoms with Crippen LogP contribution in [0, 0.1) is 6.92 Å². The molecule has 0 aromatic heterocycles. The van der Waals surface area contributed by atoms with Crippen molar-refractivity contribution in [1.29, 1.82) is 0 Å². The summed E-state index contributed by atoms with van der Waals surface area (Å²) in [6, 6.07) is 16.1. The van der Waals surface area contributed by atoms with E-state index in [1.807, 2.05) is 38.1 Å². The van der Waals surface area contributed by atoms with E-state index in [2.05, 4.69) is 43.4 Å². The Hall–Kier alpha value is -2.62. The van der Waals surface area contributed by atoms with Crippen LogP contribution in [0.5, 0.6) is 0 Å². The Kier molecular flexibility index (Phi) is 8.44. The molecule has 2 rings (SSSR count). The number of nitrogens with one attached hydrogen (secondary N) is 1. The zero-order chi connectivity index (χ0) is 21.4. The largest absolute Gasteiger partial charge is 0.355 e. The summed E-state index contributed by atoms with van der Waals surface area (Å²) in [5.74, 6) is 0.375. The number of carbonyl (C=O) groups excluding carboxylic acids is 2. The molecule has 0 aliphatic carbocycles. The fourth-order valence-electron chi connectivity index (χ4n) is 3.26. The first kappa shape index (κ1) is 22.7. The average molecular weight is 395 g/mol. The molecule has 2 aromatic carbocycles. The zero-order valence-corrected chi connectivity index (χ0v) is 18.4. The highest BCUT2D eigenvalue weighted by Gasteiger charge is 2.25. The van der Waals surface area contributed by atoms with E-state index >= 15 is 0 Å². The summed E-state index contributed by atoms with van der Waals surface area (Å²) in [4.78, 5) is 27.2. The van der Waals surface area contributed by atoms with Gasteiger partial charge >= 0.3 is 0 Å². The number of hydrogen-bond acceptors (Lipinski definition) is 2. The van der Waals surface area contributed by atoms with Gasteiger partial charge in [0.05, 0.1) is 0 Å². The van der Waals surface area contributed by atoms with Crippen LogP contribution in [0.2, 0.25) is 0 Å². The van der Waals surface area contributed by atoms with Crippen molar-refractivity contribution in [2.75, 3.05) is 6.54 Å². The summed E-state index contributed by atoms with van der Waals surface area (Å²) in [5.41, 5.74) is 4.64. The van der Waals surface area contributed by atoms with Gasteiger partial charge in [-0.05, 0) is 49.8 Å². The number of benzene rings is 2. The Balaban J connectivity index is 2.10. The molecule has 0 unspecified atom stereocenters. The Bertz CT molecular complexity index is 795. The summed E-state index contributed by atoms with van der Waals surface area (Å²) in [5, 5.41) is 2.83. The van der Waals surface area contributed by atoms with Gasteiger partial charge in [0.15, 0.2) is 0 Å². The molecule has 0 aliphatic rings. The number of amides is 2. The lowest BCUT2D eigenvalue weighted by Crippen LogP contribution is -2.47. The minimum atomic E-state index is -0.507. The lowest BCUT2D eigenvalue weighted by atomic mass is 10.00. The van der Waals surface area contributed by atoms with Crippen LogP contribution >= 0.6 is 0 Å². The summed E-state index contributed by atoms with van der Waals surface area (Å²) in [7, 11) is 0. The summed E-state index contributed by atoms with van der Waals surface area (Å²) in [6.45, 7) is 11.1. The van der Waals surface area contributed by atoms with Gasteiger partial charge < -0.3 is 10.2 Å². The predicted molar refractivity (Wildman–Crippen MR) is 119 cm³/mol. The van der Waals surface area contributed by atoms with E-state index in [4.69, 9.17) is 0 Å². The second kappa shape index (κ2) is 10.8. The van der Waals surface area contributed by atoms with E-state index in [1.54, 1.807) is 11.8 Å². The zero-order valence-electron chi connectivity index (χ0n) is 18.4. The third kappa shape index (κ3) is 6.74. The van der Waals surface area contributed by atoms with E-state index < -0.39 is 6.04 Å². The minimum Gasteiger partial charge on any atom is -0.355 e. The lowest BCUT2D eigenvalue weighted by Gasteiger charge is -2.29.